The third kappa shape index (κ3) is 2.76. The zero-order chi connectivity index (χ0) is 13.9. The van der Waals surface area contributed by atoms with Gasteiger partial charge >= 0.3 is 0 Å². The van der Waals surface area contributed by atoms with Crippen LogP contribution in [0.4, 0.5) is 5.82 Å². The minimum absolute atomic E-state index is 0.230. The van der Waals surface area contributed by atoms with Crippen molar-refractivity contribution in [1.29, 1.82) is 0 Å². The molecule has 2 N–H and O–H groups in total. The first-order chi connectivity index (χ1) is 9.74. The first kappa shape index (κ1) is 13.3. The second kappa shape index (κ2) is 5.77. The quantitative estimate of drug-likeness (QED) is 0.923. The number of piperidine rings is 1. The van der Waals surface area contributed by atoms with Gasteiger partial charge in [-0.3, -0.25) is 0 Å². The Kier molecular flexibility index (Phi) is 3.85. The van der Waals surface area contributed by atoms with E-state index in [0.717, 1.165) is 43.0 Å². The lowest BCUT2D eigenvalue weighted by Crippen LogP contribution is -2.43. The minimum Gasteiger partial charge on any atom is -0.354 e. The van der Waals surface area contributed by atoms with Crippen molar-refractivity contribution < 1.29 is 0 Å². The number of rotatable bonds is 2. The van der Waals surface area contributed by atoms with Gasteiger partial charge in [0.25, 0.3) is 0 Å². The number of halogens is 1. The molecule has 3 rings (SSSR count). The molecule has 0 amide bonds. The Balaban J connectivity index is 1.83. The van der Waals surface area contributed by atoms with Crippen LogP contribution in [0.5, 0.6) is 0 Å². The third-order valence-corrected chi connectivity index (χ3v) is 3.91. The van der Waals surface area contributed by atoms with Crippen molar-refractivity contribution in [2.45, 2.75) is 18.9 Å². The predicted octanol–water partition coefficient (Wildman–Crippen LogP) is 2.72. The Bertz CT molecular complexity index is 585. The van der Waals surface area contributed by atoms with E-state index in [1.807, 2.05) is 36.4 Å². The van der Waals surface area contributed by atoms with Crippen LogP contribution in [0.2, 0.25) is 5.02 Å². The molecule has 5 heteroatoms. The number of anilines is 1. The highest BCUT2D eigenvalue weighted by Crippen LogP contribution is 2.26. The molecular weight excluding hydrogens is 272 g/mol. The molecule has 0 aliphatic carbocycles. The second-order valence-electron chi connectivity index (χ2n) is 5.10. The fraction of sp³-hybridized carbons (Fsp3) is 0.333. The van der Waals surface area contributed by atoms with E-state index < -0.39 is 0 Å². The number of hydrogen-bond acceptors (Lipinski definition) is 4. The minimum atomic E-state index is 0.230. The molecule has 4 nitrogen and oxygen atoms in total. The molecule has 0 bridgehead atoms. The Hall–Kier alpha value is -1.65. The van der Waals surface area contributed by atoms with Crippen LogP contribution in [0.25, 0.3) is 11.3 Å². The van der Waals surface area contributed by atoms with Crippen LogP contribution in [0.15, 0.2) is 36.4 Å². The van der Waals surface area contributed by atoms with Gasteiger partial charge in [0, 0.05) is 24.7 Å². The smallest absolute Gasteiger partial charge is 0.151 e. The van der Waals surface area contributed by atoms with Crippen molar-refractivity contribution in [2.75, 3.05) is 18.0 Å². The van der Waals surface area contributed by atoms with Gasteiger partial charge in [0.2, 0.25) is 0 Å². The SMILES string of the molecule is N[C@@H]1CCCN(c2ccc(-c3ccccc3Cl)nn2)C1. The van der Waals surface area contributed by atoms with Gasteiger partial charge in [0.15, 0.2) is 5.82 Å². The van der Waals surface area contributed by atoms with Gasteiger partial charge < -0.3 is 10.6 Å². The van der Waals surface area contributed by atoms with Gasteiger partial charge in [-0.05, 0) is 31.0 Å². The zero-order valence-corrected chi connectivity index (χ0v) is 11.9. The van der Waals surface area contributed by atoms with Crippen molar-refractivity contribution in [2.24, 2.45) is 5.73 Å². The first-order valence-corrected chi connectivity index (χ1v) is 7.21. The molecule has 1 atom stereocenters. The van der Waals surface area contributed by atoms with Crippen LogP contribution in [0, 0.1) is 0 Å². The highest BCUT2D eigenvalue weighted by Gasteiger charge is 2.18. The highest BCUT2D eigenvalue weighted by atomic mass is 35.5. The molecule has 0 unspecified atom stereocenters. The summed E-state index contributed by atoms with van der Waals surface area (Å²) in [7, 11) is 0. The topological polar surface area (TPSA) is 55.0 Å². The largest absolute Gasteiger partial charge is 0.354 e. The van der Waals surface area contributed by atoms with Crippen molar-refractivity contribution in [3.8, 4) is 11.3 Å². The van der Waals surface area contributed by atoms with E-state index in [1.54, 1.807) is 0 Å². The van der Waals surface area contributed by atoms with Crippen molar-refractivity contribution in [3.05, 3.63) is 41.4 Å². The molecule has 0 radical (unpaired) electrons. The van der Waals surface area contributed by atoms with E-state index in [1.165, 1.54) is 0 Å². The summed E-state index contributed by atoms with van der Waals surface area (Å²) in [5, 5.41) is 9.30. The number of nitrogens with two attached hydrogens (primary N) is 1. The van der Waals surface area contributed by atoms with E-state index >= 15 is 0 Å². The van der Waals surface area contributed by atoms with Crippen LogP contribution in [-0.2, 0) is 0 Å². The molecule has 0 spiro atoms. The normalized spacial score (nSPS) is 19.1. The predicted molar refractivity (Wildman–Crippen MR) is 81.9 cm³/mol. The molecule has 104 valence electrons. The Labute approximate surface area is 123 Å². The van der Waals surface area contributed by atoms with Crippen molar-refractivity contribution in [3.63, 3.8) is 0 Å². The third-order valence-electron chi connectivity index (χ3n) is 3.58. The maximum atomic E-state index is 6.17. The number of hydrogen-bond donors (Lipinski definition) is 1. The molecule has 0 saturated carbocycles. The summed E-state index contributed by atoms with van der Waals surface area (Å²) in [5.74, 6) is 0.885. The highest BCUT2D eigenvalue weighted by molar-refractivity contribution is 6.33. The summed E-state index contributed by atoms with van der Waals surface area (Å²) in [6, 6.07) is 11.8. The van der Waals surface area contributed by atoms with Crippen molar-refractivity contribution in [1.82, 2.24) is 10.2 Å². The molecule has 1 aromatic carbocycles. The van der Waals surface area contributed by atoms with Crippen LogP contribution in [-0.4, -0.2) is 29.3 Å². The molecule has 1 fully saturated rings. The lowest BCUT2D eigenvalue weighted by molar-refractivity contribution is 0.502. The Morgan fingerprint density at radius 2 is 2.00 bits per heavy atom. The Morgan fingerprint density at radius 1 is 1.15 bits per heavy atom. The molecule has 2 aromatic rings. The van der Waals surface area contributed by atoms with E-state index in [9.17, 15) is 0 Å². The monoisotopic (exact) mass is 288 g/mol. The fourth-order valence-corrected chi connectivity index (χ4v) is 2.76. The first-order valence-electron chi connectivity index (χ1n) is 6.83. The summed E-state index contributed by atoms with van der Waals surface area (Å²) >= 11 is 6.17. The van der Waals surface area contributed by atoms with Gasteiger partial charge in [-0.25, -0.2) is 0 Å². The molecule has 1 aromatic heterocycles. The van der Waals surface area contributed by atoms with Crippen molar-refractivity contribution >= 4 is 17.4 Å². The van der Waals surface area contributed by atoms with Crippen LogP contribution < -0.4 is 10.6 Å². The van der Waals surface area contributed by atoms with E-state index in [4.69, 9.17) is 17.3 Å². The Morgan fingerprint density at radius 3 is 2.70 bits per heavy atom. The molecule has 1 aliphatic heterocycles. The maximum absolute atomic E-state index is 6.17. The van der Waals surface area contributed by atoms with Crippen LogP contribution in [0.1, 0.15) is 12.8 Å². The number of aromatic nitrogens is 2. The van der Waals surface area contributed by atoms with Gasteiger partial charge in [-0.2, -0.15) is 0 Å². The fourth-order valence-electron chi connectivity index (χ4n) is 2.52. The average molecular weight is 289 g/mol. The summed E-state index contributed by atoms with van der Waals surface area (Å²) in [5.41, 5.74) is 7.69. The second-order valence-corrected chi connectivity index (χ2v) is 5.51. The van der Waals surface area contributed by atoms with E-state index in [-0.39, 0.29) is 6.04 Å². The zero-order valence-electron chi connectivity index (χ0n) is 11.2. The summed E-state index contributed by atoms with van der Waals surface area (Å²) < 4.78 is 0. The lowest BCUT2D eigenvalue weighted by atomic mass is 10.1. The van der Waals surface area contributed by atoms with Gasteiger partial charge in [-0.1, -0.05) is 29.8 Å². The summed E-state index contributed by atoms with van der Waals surface area (Å²) in [6.45, 7) is 1.84. The lowest BCUT2D eigenvalue weighted by Gasteiger charge is -2.31. The average Bonchev–Trinajstić information content (AvgIpc) is 2.48. The molecule has 1 aliphatic rings. The van der Waals surface area contributed by atoms with Crippen LogP contribution in [0.3, 0.4) is 0 Å². The molecule has 2 heterocycles. The summed E-state index contributed by atoms with van der Waals surface area (Å²) in [6.07, 6.45) is 2.19. The maximum Gasteiger partial charge on any atom is 0.151 e. The molecule has 1 saturated heterocycles. The van der Waals surface area contributed by atoms with Gasteiger partial charge in [-0.15, -0.1) is 10.2 Å². The van der Waals surface area contributed by atoms with Crippen LogP contribution >= 0.6 is 11.6 Å². The standard InChI is InChI=1S/C15H17ClN4/c16-13-6-2-1-5-12(13)14-7-8-15(19-18-14)20-9-3-4-11(17)10-20/h1-2,5-8,11H,3-4,9-10,17H2/t11-/m1/s1. The number of nitrogens with zero attached hydrogens (tertiary/aromatic N) is 3. The molecular formula is C15H17ClN4. The van der Waals surface area contributed by atoms with Gasteiger partial charge in [0.05, 0.1) is 10.7 Å². The summed E-state index contributed by atoms with van der Waals surface area (Å²) in [4.78, 5) is 2.19. The van der Waals surface area contributed by atoms with E-state index in [2.05, 4.69) is 15.1 Å². The number of benzene rings is 1. The molecule has 20 heavy (non-hydrogen) atoms. The van der Waals surface area contributed by atoms with E-state index in [0.29, 0.717) is 5.02 Å². The van der Waals surface area contributed by atoms with Gasteiger partial charge in [0.1, 0.15) is 0 Å².